The van der Waals surface area contributed by atoms with Crippen LogP contribution in [0, 0.1) is 6.92 Å². The van der Waals surface area contributed by atoms with E-state index in [2.05, 4.69) is 30.9 Å². The minimum atomic E-state index is 0.729. The second-order valence-corrected chi connectivity index (χ2v) is 6.60. The Morgan fingerprint density at radius 2 is 2.04 bits per heavy atom. The highest BCUT2D eigenvalue weighted by atomic mass is 16.5. The maximum atomic E-state index is 5.44. The van der Waals surface area contributed by atoms with Gasteiger partial charge in [0.05, 0.1) is 44.2 Å². The number of pyridine rings is 2. The standard InChI is InChI=1S/C21H23N5O2/c1-15-19(4-8-27-2)25-21(24-15)20-12-16(3-5-23-20)17-11-18(14-22-13-17)26-6-9-28-10-7-26/h3-5,8,11-14H,6-7,9-10H2,1-2H3,(H,24,25)/b8-4-. The fraction of sp³-hybridized carbons (Fsp3) is 0.286. The van der Waals surface area contributed by atoms with Crippen LogP contribution in [0.4, 0.5) is 5.69 Å². The van der Waals surface area contributed by atoms with E-state index in [-0.39, 0.29) is 0 Å². The Labute approximate surface area is 164 Å². The highest BCUT2D eigenvalue weighted by molar-refractivity contribution is 5.71. The molecule has 4 heterocycles. The molecular weight excluding hydrogens is 354 g/mol. The van der Waals surface area contributed by atoms with Crippen molar-refractivity contribution in [2.75, 3.05) is 38.3 Å². The molecule has 0 aliphatic carbocycles. The van der Waals surface area contributed by atoms with E-state index in [1.165, 1.54) is 0 Å². The first kappa shape index (κ1) is 18.2. The molecule has 0 spiro atoms. The van der Waals surface area contributed by atoms with E-state index in [0.717, 1.165) is 66.0 Å². The molecule has 28 heavy (non-hydrogen) atoms. The number of hydrogen-bond donors (Lipinski definition) is 1. The summed E-state index contributed by atoms with van der Waals surface area (Å²) < 4.78 is 10.4. The largest absolute Gasteiger partial charge is 0.504 e. The van der Waals surface area contributed by atoms with Gasteiger partial charge in [-0.25, -0.2) is 4.98 Å². The van der Waals surface area contributed by atoms with Crippen molar-refractivity contribution >= 4 is 11.8 Å². The highest BCUT2D eigenvalue weighted by Gasteiger charge is 2.13. The summed E-state index contributed by atoms with van der Waals surface area (Å²) in [7, 11) is 1.61. The average Bonchev–Trinajstić information content (AvgIpc) is 3.13. The molecule has 0 atom stereocenters. The van der Waals surface area contributed by atoms with Crippen LogP contribution in [0.5, 0.6) is 0 Å². The van der Waals surface area contributed by atoms with Gasteiger partial charge in [0, 0.05) is 42.8 Å². The predicted molar refractivity (Wildman–Crippen MR) is 109 cm³/mol. The number of hydrogen-bond acceptors (Lipinski definition) is 6. The van der Waals surface area contributed by atoms with Crippen molar-refractivity contribution in [1.29, 1.82) is 0 Å². The van der Waals surface area contributed by atoms with E-state index in [0.29, 0.717) is 0 Å². The molecule has 1 aliphatic heterocycles. The summed E-state index contributed by atoms with van der Waals surface area (Å²) in [6, 6.07) is 6.19. The van der Waals surface area contributed by atoms with Crippen LogP contribution in [-0.2, 0) is 9.47 Å². The first-order valence-electron chi connectivity index (χ1n) is 9.25. The molecule has 7 nitrogen and oxygen atoms in total. The van der Waals surface area contributed by atoms with E-state index < -0.39 is 0 Å². The Balaban J connectivity index is 1.63. The monoisotopic (exact) mass is 377 g/mol. The van der Waals surface area contributed by atoms with Crippen molar-refractivity contribution in [2.45, 2.75) is 6.92 Å². The summed E-state index contributed by atoms with van der Waals surface area (Å²) in [5.74, 6) is 0.729. The van der Waals surface area contributed by atoms with Crippen molar-refractivity contribution in [3.05, 3.63) is 54.4 Å². The van der Waals surface area contributed by atoms with Gasteiger partial charge < -0.3 is 19.4 Å². The van der Waals surface area contributed by atoms with Crippen LogP contribution < -0.4 is 4.90 Å². The number of nitrogens with one attached hydrogen (secondary N) is 1. The number of rotatable bonds is 5. The maximum absolute atomic E-state index is 5.44. The van der Waals surface area contributed by atoms with Crippen molar-refractivity contribution in [3.63, 3.8) is 0 Å². The molecule has 0 amide bonds. The number of anilines is 1. The summed E-state index contributed by atoms with van der Waals surface area (Å²) in [5.41, 5.74) is 5.80. The summed E-state index contributed by atoms with van der Waals surface area (Å²) in [6.07, 6.45) is 9.02. The van der Waals surface area contributed by atoms with Crippen LogP contribution in [0.25, 0.3) is 28.7 Å². The number of aromatic amines is 1. The second kappa shape index (κ2) is 8.22. The SMILES string of the molecule is CO/C=C\c1nc(-c2cc(-c3cncc(N4CCOCC4)c3)ccn2)[nH]c1C. The lowest BCUT2D eigenvalue weighted by atomic mass is 10.1. The summed E-state index contributed by atoms with van der Waals surface area (Å²) in [5, 5.41) is 0. The quantitative estimate of drug-likeness (QED) is 0.688. The molecule has 0 bridgehead atoms. The molecule has 0 saturated carbocycles. The van der Waals surface area contributed by atoms with Gasteiger partial charge in [-0.3, -0.25) is 9.97 Å². The lowest BCUT2D eigenvalue weighted by molar-refractivity contribution is 0.122. The van der Waals surface area contributed by atoms with Crippen molar-refractivity contribution < 1.29 is 9.47 Å². The number of ether oxygens (including phenoxy) is 2. The fourth-order valence-corrected chi connectivity index (χ4v) is 3.21. The minimum Gasteiger partial charge on any atom is -0.504 e. The third-order valence-corrected chi connectivity index (χ3v) is 4.72. The Kier molecular flexibility index (Phi) is 5.34. The van der Waals surface area contributed by atoms with Gasteiger partial charge in [0.15, 0.2) is 5.82 Å². The van der Waals surface area contributed by atoms with Crippen molar-refractivity contribution in [2.24, 2.45) is 0 Å². The maximum Gasteiger partial charge on any atom is 0.156 e. The van der Waals surface area contributed by atoms with Gasteiger partial charge in [-0.1, -0.05) is 0 Å². The van der Waals surface area contributed by atoms with Gasteiger partial charge in [0.2, 0.25) is 0 Å². The second-order valence-electron chi connectivity index (χ2n) is 6.60. The lowest BCUT2D eigenvalue weighted by Gasteiger charge is -2.28. The Morgan fingerprint density at radius 1 is 1.18 bits per heavy atom. The normalized spacial score (nSPS) is 14.6. The number of morpholine rings is 1. The molecule has 3 aromatic heterocycles. The van der Waals surface area contributed by atoms with E-state index in [1.54, 1.807) is 19.6 Å². The first-order valence-corrected chi connectivity index (χ1v) is 9.25. The molecule has 1 aliphatic rings. The van der Waals surface area contributed by atoms with Crippen LogP contribution in [0.15, 0.2) is 43.1 Å². The number of H-pyrrole nitrogens is 1. The topological polar surface area (TPSA) is 76.2 Å². The van der Waals surface area contributed by atoms with Gasteiger partial charge in [-0.15, -0.1) is 0 Å². The number of aryl methyl sites for hydroxylation is 1. The summed E-state index contributed by atoms with van der Waals surface area (Å²) in [4.78, 5) is 19.1. The fourth-order valence-electron chi connectivity index (χ4n) is 3.21. The third kappa shape index (κ3) is 3.89. The zero-order valence-corrected chi connectivity index (χ0v) is 16.1. The molecule has 4 rings (SSSR count). The molecule has 0 unspecified atom stereocenters. The Hall–Kier alpha value is -3.19. The predicted octanol–water partition coefficient (Wildman–Crippen LogP) is 3.30. The van der Waals surface area contributed by atoms with E-state index in [9.17, 15) is 0 Å². The van der Waals surface area contributed by atoms with Crippen LogP contribution in [0.1, 0.15) is 11.4 Å². The molecular formula is C21H23N5O2. The molecule has 0 aromatic carbocycles. The van der Waals surface area contributed by atoms with Crippen molar-refractivity contribution in [3.8, 4) is 22.6 Å². The van der Waals surface area contributed by atoms with Gasteiger partial charge in [0.1, 0.15) is 5.69 Å². The van der Waals surface area contributed by atoms with E-state index in [4.69, 9.17) is 9.47 Å². The third-order valence-electron chi connectivity index (χ3n) is 4.72. The molecule has 0 radical (unpaired) electrons. The Morgan fingerprint density at radius 3 is 2.86 bits per heavy atom. The number of aromatic nitrogens is 4. The average molecular weight is 377 g/mol. The molecule has 3 aromatic rings. The summed E-state index contributed by atoms with van der Waals surface area (Å²) in [6.45, 7) is 5.25. The van der Waals surface area contributed by atoms with E-state index >= 15 is 0 Å². The zero-order valence-electron chi connectivity index (χ0n) is 16.1. The van der Waals surface area contributed by atoms with Crippen LogP contribution in [-0.4, -0.2) is 53.3 Å². The molecule has 1 saturated heterocycles. The summed E-state index contributed by atoms with van der Waals surface area (Å²) >= 11 is 0. The molecule has 144 valence electrons. The van der Waals surface area contributed by atoms with Gasteiger partial charge in [0.25, 0.3) is 0 Å². The number of imidazole rings is 1. The van der Waals surface area contributed by atoms with Gasteiger partial charge >= 0.3 is 0 Å². The minimum absolute atomic E-state index is 0.729. The van der Waals surface area contributed by atoms with Crippen LogP contribution in [0.3, 0.4) is 0 Å². The van der Waals surface area contributed by atoms with E-state index in [1.807, 2.05) is 37.5 Å². The molecule has 7 heteroatoms. The van der Waals surface area contributed by atoms with Crippen LogP contribution in [0.2, 0.25) is 0 Å². The zero-order chi connectivity index (χ0) is 19.3. The molecule has 1 fully saturated rings. The number of methoxy groups -OCH3 is 1. The number of nitrogens with zero attached hydrogens (tertiary/aromatic N) is 4. The lowest BCUT2D eigenvalue weighted by Crippen LogP contribution is -2.36. The van der Waals surface area contributed by atoms with Gasteiger partial charge in [-0.05, 0) is 30.7 Å². The van der Waals surface area contributed by atoms with Crippen molar-refractivity contribution in [1.82, 2.24) is 19.9 Å². The smallest absolute Gasteiger partial charge is 0.156 e. The van der Waals surface area contributed by atoms with Gasteiger partial charge in [-0.2, -0.15) is 0 Å². The molecule has 1 N–H and O–H groups in total. The highest BCUT2D eigenvalue weighted by Crippen LogP contribution is 2.27. The first-order chi connectivity index (χ1) is 13.7. The Bertz CT molecular complexity index is 976. The van der Waals surface area contributed by atoms with Crippen LogP contribution >= 0.6 is 0 Å².